The Bertz CT molecular complexity index is 337. The van der Waals surface area contributed by atoms with Gasteiger partial charge in [0.05, 0.1) is 6.07 Å². The molecule has 88 valence electrons. The number of thioether (sulfide) groups is 1. The van der Waals surface area contributed by atoms with Crippen LogP contribution >= 0.6 is 11.8 Å². The molecule has 0 atom stereocenters. The quantitative estimate of drug-likeness (QED) is 0.814. The maximum absolute atomic E-state index is 12.0. The van der Waals surface area contributed by atoms with Crippen molar-refractivity contribution in [3.63, 3.8) is 0 Å². The second-order valence-electron chi connectivity index (χ2n) is 5.28. The summed E-state index contributed by atoms with van der Waals surface area (Å²) in [5, 5.41) is 12.1. The summed E-state index contributed by atoms with van der Waals surface area (Å²) in [5.41, 5.74) is -0.714. The van der Waals surface area contributed by atoms with Gasteiger partial charge in [-0.2, -0.15) is 17.0 Å². The lowest BCUT2D eigenvalue weighted by Gasteiger charge is -2.39. The molecule has 0 radical (unpaired) electrons. The van der Waals surface area contributed by atoms with Crippen molar-refractivity contribution in [2.75, 3.05) is 12.8 Å². The SMILES string of the molecule is CSC1(CNC(=O)C2(C#N)CC(C)C2)CC1. The minimum Gasteiger partial charge on any atom is -0.353 e. The van der Waals surface area contributed by atoms with Crippen LogP contribution in [0.4, 0.5) is 0 Å². The molecule has 2 saturated carbocycles. The van der Waals surface area contributed by atoms with E-state index in [0.29, 0.717) is 5.92 Å². The Kier molecular flexibility index (Phi) is 2.91. The largest absolute Gasteiger partial charge is 0.353 e. The number of nitrogens with one attached hydrogen (secondary N) is 1. The van der Waals surface area contributed by atoms with Crippen LogP contribution in [0.25, 0.3) is 0 Å². The van der Waals surface area contributed by atoms with Gasteiger partial charge < -0.3 is 5.32 Å². The first-order valence-electron chi connectivity index (χ1n) is 5.81. The van der Waals surface area contributed by atoms with E-state index in [0.717, 1.165) is 19.4 Å². The third-order valence-corrected chi connectivity index (χ3v) is 5.27. The van der Waals surface area contributed by atoms with Crippen LogP contribution in [0, 0.1) is 22.7 Å². The number of amides is 1. The van der Waals surface area contributed by atoms with E-state index in [4.69, 9.17) is 5.26 Å². The number of carbonyl (C=O) groups excluding carboxylic acids is 1. The molecule has 0 aromatic rings. The Labute approximate surface area is 101 Å². The van der Waals surface area contributed by atoms with Crippen LogP contribution in [-0.4, -0.2) is 23.5 Å². The number of nitriles is 1. The minimum absolute atomic E-state index is 0.0478. The maximum atomic E-state index is 12.0. The molecule has 0 bridgehead atoms. The Balaban J connectivity index is 1.86. The summed E-state index contributed by atoms with van der Waals surface area (Å²) in [5.74, 6) is 0.467. The van der Waals surface area contributed by atoms with E-state index in [9.17, 15) is 4.79 Å². The van der Waals surface area contributed by atoms with Gasteiger partial charge >= 0.3 is 0 Å². The molecule has 3 nitrogen and oxygen atoms in total. The van der Waals surface area contributed by atoms with Crippen LogP contribution in [0.15, 0.2) is 0 Å². The number of hydrogen-bond acceptors (Lipinski definition) is 3. The molecule has 2 aliphatic carbocycles. The van der Waals surface area contributed by atoms with E-state index in [1.807, 2.05) is 11.8 Å². The van der Waals surface area contributed by atoms with Gasteiger partial charge in [0.1, 0.15) is 5.41 Å². The highest BCUT2D eigenvalue weighted by Crippen LogP contribution is 2.48. The van der Waals surface area contributed by atoms with E-state index in [2.05, 4.69) is 24.6 Å². The molecule has 16 heavy (non-hydrogen) atoms. The molecule has 2 fully saturated rings. The van der Waals surface area contributed by atoms with Crippen molar-refractivity contribution in [1.29, 1.82) is 5.26 Å². The van der Waals surface area contributed by atoms with E-state index in [1.165, 1.54) is 12.8 Å². The first-order chi connectivity index (χ1) is 7.56. The molecule has 1 amide bonds. The average molecular weight is 238 g/mol. The van der Waals surface area contributed by atoms with Crippen LogP contribution in [-0.2, 0) is 4.79 Å². The Morgan fingerprint density at radius 2 is 2.19 bits per heavy atom. The van der Waals surface area contributed by atoms with Gasteiger partial charge in [0, 0.05) is 11.3 Å². The lowest BCUT2D eigenvalue weighted by molar-refractivity contribution is -0.133. The van der Waals surface area contributed by atoms with Crippen LogP contribution in [0.5, 0.6) is 0 Å². The minimum atomic E-state index is -0.714. The number of hydrogen-bond donors (Lipinski definition) is 1. The van der Waals surface area contributed by atoms with Crippen molar-refractivity contribution < 1.29 is 4.79 Å². The van der Waals surface area contributed by atoms with Gasteiger partial charge in [0.25, 0.3) is 0 Å². The highest BCUT2D eigenvalue weighted by atomic mass is 32.2. The summed E-state index contributed by atoms with van der Waals surface area (Å²) in [6.45, 7) is 2.82. The zero-order valence-corrected chi connectivity index (χ0v) is 10.7. The van der Waals surface area contributed by atoms with Crippen LogP contribution in [0.1, 0.15) is 32.6 Å². The molecule has 0 heterocycles. The van der Waals surface area contributed by atoms with Gasteiger partial charge in [0.15, 0.2) is 0 Å². The van der Waals surface area contributed by atoms with Gasteiger partial charge in [-0.15, -0.1) is 0 Å². The van der Waals surface area contributed by atoms with E-state index < -0.39 is 5.41 Å². The molecule has 0 aliphatic heterocycles. The zero-order valence-electron chi connectivity index (χ0n) is 9.88. The molecular formula is C12H18N2OS. The van der Waals surface area contributed by atoms with Crippen molar-refractivity contribution in [1.82, 2.24) is 5.32 Å². The molecule has 0 saturated heterocycles. The van der Waals surface area contributed by atoms with Gasteiger partial charge in [-0.3, -0.25) is 4.79 Å². The summed E-state index contributed by atoms with van der Waals surface area (Å²) in [6, 6.07) is 2.20. The van der Waals surface area contributed by atoms with Crippen LogP contribution in [0.2, 0.25) is 0 Å². The molecule has 0 aromatic heterocycles. The number of nitrogens with zero attached hydrogens (tertiary/aromatic N) is 1. The second kappa shape index (κ2) is 3.96. The number of carbonyl (C=O) groups is 1. The lowest BCUT2D eigenvalue weighted by atomic mass is 9.63. The van der Waals surface area contributed by atoms with Crippen molar-refractivity contribution >= 4 is 17.7 Å². The molecule has 2 aliphatic rings. The Morgan fingerprint density at radius 3 is 2.56 bits per heavy atom. The number of rotatable bonds is 4. The molecule has 4 heteroatoms. The third kappa shape index (κ3) is 1.93. The van der Waals surface area contributed by atoms with E-state index >= 15 is 0 Å². The summed E-state index contributed by atoms with van der Waals surface area (Å²) in [4.78, 5) is 12.0. The Morgan fingerprint density at radius 1 is 1.56 bits per heavy atom. The molecule has 0 aromatic carbocycles. The topological polar surface area (TPSA) is 52.9 Å². The fourth-order valence-electron chi connectivity index (χ4n) is 2.46. The van der Waals surface area contributed by atoms with E-state index in [-0.39, 0.29) is 10.7 Å². The molecule has 2 rings (SSSR count). The van der Waals surface area contributed by atoms with Gasteiger partial charge in [-0.25, -0.2) is 0 Å². The zero-order chi connectivity index (χ0) is 11.8. The maximum Gasteiger partial charge on any atom is 0.240 e. The first-order valence-corrected chi connectivity index (χ1v) is 7.03. The van der Waals surface area contributed by atoms with Crippen LogP contribution < -0.4 is 5.32 Å². The standard InChI is InChI=1S/C12H18N2OS/c1-9-5-11(6-9,7-13)10(15)14-8-12(16-2)3-4-12/h9H,3-6,8H2,1-2H3,(H,14,15). The second-order valence-corrected chi connectivity index (χ2v) is 6.55. The van der Waals surface area contributed by atoms with Gasteiger partial charge in [0.2, 0.25) is 5.91 Å². The van der Waals surface area contributed by atoms with Crippen molar-refractivity contribution in [3.8, 4) is 6.07 Å². The van der Waals surface area contributed by atoms with Crippen molar-refractivity contribution in [2.45, 2.75) is 37.4 Å². The predicted octanol–water partition coefficient (Wildman–Crippen LogP) is 1.94. The first kappa shape index (κ1) is 11.8. The van der Waals surface area contributed by atoms with Crippen molar-refractivity contribution in [3.05, 3.63) is 0 Å². The molecular weight excluding hydrogens is 220 g/mol. The normalized spacial score (nSPS) is 34.7. The fourth-order valence-corrected chi connectivity index (χ4v) is 3.19. The highest BCUT2D eigenvalue weighted by Gasteiger charge is 2.50. The summed E-state index contributed by atoms with van der Waals surface area (Å²) in [7, 11) is 0. The summed E-state index contributed by atoms with van der Waals surface area (Å²) in [6.07, 6.45) is 5.91. The van der Waals surface area contributed by atoms with E-state index in [1.54, 1.807) is 0 Å². The lowest BCUT2D eigenvalue weighted by Crippen LogP contribution is -2.49. The smallest absolute Gasteiger partial charge is 0.240 e. The summed E-state index contributed by atoms with van der Waals surface area (Å²) < 4.78 is 0.279. The fraction of sp³-hybridized carbons (Fsp3) is 0.833. The molecule has 0 unspecified atom stereocenters. The predicted molar refractivity (Wildman–Crippen MR) is 64.9 cm³/mol. The van der Waals surface area contributed by atoms with Crippen LogP contribution in [0.3, 0.4) is 0 Å². The molecule has 1 N–H and O–H groups in total. The van der Waals surface area contributed by atoms with Gasteiger partial charge in [-0.05, 0) is 37.9 Å². The van der Waals surface area contributed by atoms with Crippen molar-refractivity contribution in [2.24, 2.45) is 11.3 Å². The average Bonchev–Trinajstić information content (AvgIpc) is 3.02. The molecule has 0 spiro atoms. The monoisotopic (exact) mass is 238 g/mol. The highest BCUT2D eigenvalue weighted by molar-refractivity contribution is 8.00. The Hall–Kier alpha value is -0.690. The third-order valence-electron chi connectivity index (χ3n) is 3.85. The summed E-state index contributed by atoms with van der Waals surface area (Å²) >= 11 is 1.83. The van der Waals surface area contributed by atoms with Gasteiger partial charge in [-0.1, -0.05) is 6.92 Å².